The van der Waals surface area contributed by atoms with Gasteiger partial charge in [0.2, 0.25) is 0 Å². The minimum Gasteiger partial charge on any atom is -0.508 e. The molecule has 0 aliphatic rings. The van der Waals surface area contributed by atoms with Gasteiger partial charge in [-0.1, -0.05) is 0 Å². The number of halogens is 2. The maximum atomic E-state index is 12.4. The molecule has 0 saturated carbocycles. The highest BCUT2D eigenvalue weighted by atomic mass is 19.3. The van der Waals surface area contributed by atoms with E-state index in [4.69, 9.17) is 5.11 Å². The van der Waals surface area contributed by atoms with Crippen LogP contribution in [0.1, 0.15) is 22.5 Å². The number of aromatic nitrogens is 2. The summed E-state index contributed by atoms with van der Waals surface area (Å²) in [6.45, 7) is 0. The molecule has 0 spiro atoms. The van der Waals surface area contributed by atoms with Crippen LogP contribution in [0.2, 0.25) is 0 Å². The molecule has 0 fully saturated rings. The molecule has 1 heterocycles. The summed E-state index contributed by atoms with van der Waals surface area (Å²) >= 11 is 0. The molecule has 0 radical (unpaired) electrons. The molecule has 0 bridgehead atoms. The van der Waals surface area contributed by atoms with Gasteiger partial charge in [-0.05, 0) is 24.3 Å². The summed E-state index contributed by atoms with van der Waals surface area (Å²) in [5, 5.41) is 15.2. The Morgan fingerprint density at radius 1 is 1.37 bits per heavy atom. The molecule has 0 aliphatic carbocycles. The minimum atomic E-state index is -2.69. The fourth-order valence-corrected chi connectivity index (χ4v) is 1.51. The number of nitrogens with zero attached hydrogens (tertiary/aromatic N) is 2. The Morgan fingerprint density at radius 3 is 2.53 bits per heavy atom. The summed E-state index contributed by atoms with van der Waals surface area (Å²) in [6.07, 6.45) is -2.69. The van der Waals surface area contributed by atoms with Crippen molar-refractivity contribution in [2.75, 3.05) is 5.32 Å². The molecular weight excluding hydrogens is 256 g/mol. The van der Waals surface area contributed by atoms with E-state index in [1.165, 1.54) is 36.0 Å². The summed E-state index contributed by atoms with van der Waals surface area (Å²) in [7, 11) is 1.46. The number of rotatable bonds is 3. The van der Waals surface area contributed by atoms with Crippen LogP contribution in [0, 0.1) is 0 Å². The Morgan fingerprint density at radius 2 is 2.00 bits per heavy atom. The second-order valence-corrected chi connectivity index (χ2v) is 3.88. The number of anilines is 1. The number of carbonyl (C=O) groups is 1. The van der Waals surface area contributed by atoms with Crippen LogP contribution in [-0.4, -0.2) is 20.8 Å². The maximum absolute atomic E-state index is 12.4. The number of phenolic OH excluding ortho intramolecular Hbond substituents is 1. The van der Waals surface area contributed by atoms with Crippen LogP contribution >= 0.6 is 0 Å². The summed E-state index contributed by atoms with van der Waals surface area (Å²) in [5.41, 5.74) is -0.0962. The van der Waals surface area contributed by atoms with Gasteiger partial charge in [0.1, 0.15) is 17.3 Å². The zero-order valence-corrected chi connectivity index (χ0v) is 9.97. The minimum absolute atomic E-state index is 0.0390. The Balaban J connectivity index is 2.17. The average molecular weight is 267 g/mol. The number of benzene rings is 1. The van der Waals surface area contributed by atoms with Crippen molar-refractivity contribution in [3.63, 3.8) is 0 Å². The topological polar surface area (TPSA) is 67.2 Å². The lowest BCUT2D eigenvalue weighted by Crippen LogP contribution is -2.14. The molecule has 0 aliphatic heterocycles. The van der Waals surface area contributed by atoms with Gasteiger partial charge < -0.3 is 10.4 Å². The predicted octanol–water partition coefficient (Wildman–Crippen LogP) is 2.32. The third-order valence-electron chi connectivity index (χ3n) is 2.49. The molecule has 2 N–H and O–H groups in total. The molecule has 19 heavy (non-hydrogen) atoms. The fraction of sp³-hybridized carbons (Fsp3) is 0.167. The number of aromatic hydroxyl groups is 1. The number of nitrogens with one attached hydrogen (secondary N) is 1. The summed E-state index contributed by atoms with van der Waals surface area (Å²) < 4.78 is 26.1. The number of phenols is 1. The van der Waals surface area contributed by atoms with Crippen LogP contribution < -0.4 is 5.32 Å². The molecule has 5 nitrogen and oxygen atoms in total. The second-order valence-electron chi connectivity index (χ2n) is 3.88. The van der Waals surface area contributed by atoms with Crippen LogP contribution in [0.5, 0.6) is 5.75 Å². The van der Waals surface area contributed by atoms with E-state index in [9.17, 15) is 13.6 Å². The van der Waals surface area contributed by atoms with Crippen molar-refractivity contribution in [2.24, 2.45) is 7.05 Å². The van der Waals surface area contributed by atoms with Gasteiger partial charge in [-0.2, -0.15) is 5.10 Å². The third kappa shape index (κ3) is 2.87. The van der Waals surface area contributed by atoms with Gasteiger partial charge in [0, 0.05) is 18.7 Å². The van der Waals surface area contributed by atoms with Gasteiger partial charge in [-0.25, -0.2) is 8.78 Å². The number of amides is 1. The molecule has 0 unspecified atom stereocenters. The van der Waals surface area contributed by atoms with E-state index >= 15 is 0 Å². The number of hydrogen-bond donors (Lipinski definition) is 2. The van der Waals surface area contributed by atoms with Crippen LogP contribution in [-0.2, 0) is 7.05 Å². The molecule has 0 atom stereocenters. The van der Waals surface area contributed by atoms with Crippen molar-refractivity contribution in [3.8, 4) is 5.75 Å². The van der Waals surface area contributed by atoms with E-state index in [1.807, 2.05) is 0 Å². The van der Waals surface area contributed by atoms with Crippen molar-refractivity contribution in [1.82, 2.24) is 9.78 Å². The number of carbonyl (C=O) groups excluding carboxylic acids is 1. The Hall–Kier alpha value is -2.44. The first-order chi connectivity index (χ1) is 8.97. The summed E-state index contributed by atoms with van der Waals surface area (Å²) in [5.74, 6) is -0.255. The van der Waals surface area contributed by atoms with Crippen molar-refractivity contribution in [3.05, 3.63) is 41.6 Å². The highest BCUT2D eigenvalue weighted by molar-refractivity contribution is 6.03. The smallest absolute Gasteiger partial charge is 0.282 e. The zero-order valence-electron chi connectivity index (χ0n) is 9.97. The first-order valence-corrected chi connectivity index (χ1v) is 5.40. The van der Waals surface area contributed by atoms with E-state index in [2.05, 4.69) is 10.4 Å². The second kappa shape index (κ2) is 5.05. The lowest BCUT2D eigenvalue weighted by atomic mass is 10.2. The van der Waals surface area contributed by atoms with Crippen LogP contribution in [0.4, 0.5) is 14.6 Å². The largest absolute Gasteiger partial charge is 0.508 e. The van der Waals surface area contributed by atoms with Crippen LogP contribution in [0.15, 0.2) is 30.3 Å². The molecule has 2 rings (SSSR count). The van der Waals surface area contributed by atoms with Crippen LogP contribution in [0.25, 0.3) is 0 Å². The average Bonchev–Trinajstić information content (AvgIpc) is 2.72. The fourth-order valence-electron chi connectivity index (χ4n) is 1.51. The van der Waals surface area contributed by atoms with E-state index in [0.717, 1.165) is 6.07 Å². The zero-order chi connectivity index (χ0) is 14.0. The summed E-state index contributed by atoms with van der Waals surface area (Å²) in [6, 6.07) is 6.69. The van der Waals surface area contributed by atoms with Gasteiger partial charge in [0.15, 0.2) is 0 Å². The van der Waals surface area contributed by atoms with Gasteiger partial charge in [-0.3, -0.25) is 9.48 Å². The molecule has 1 amide bonds. The molecule has 1 aromatic heterocycles. The van der Waals surface area contributed by atoms with Gasteiger partial charge >= 0.3 is 0 Å². The van der Waals surface area contributed by atoms with Crippen LogP contribution in [0.3, 0.4) is 0 Å². The van der Waals surface area contributed by atoms with Gasteiger partial charge in [-0.15, -0.1) is 0 Å². The van der Waals surface area contributed by atoms with Gasteiger partial charge in [0.25, 0.3) is 12.3 Å². The van der Waals surface area contributed by atoms with E-state index in [1.54, 1.807) is 0 Å². The quantitative estimate of drug-likeness (QED) is 0.896. The Labute approximate surface area is 107 Å². The first-order valence-electron chi connectivity index (χ1n) is 5.40. The van der Waals surface area contributed by atoms with E-state index < -0.39 is 18.0 Å². The van der Waals surface area contributed by atoms with Crippen molar-refractivity contribution in [1.29, 1.82) is 0 Å². The Bertz CT molecular complexity index is 594. The maximum Gasteiger partial charge on any atom is 0.282 e. The lowest BCUT2D eigenvalue weighted by molar-refractivity contribution is 0.102. The van der Waals surface area contributed by atoms with E-state index in [-0.39, 0.29) is 11.6 Å². The molecule has 2 aromatic rings. The first kappa shape index (κ1) is 13.0. The number of hydrogen-bond acceptors (Lipinski definition) is 3. The molecule has 7 heteroatoms. The molecule has 0 saturated heterocycles. The van der Waals surface area contributed by atoms with Crippen molar-refractivity contribution in [2.45, 2.75) is 6.43 Å². The standard InChI is InChI=1S/C12H11F2N3O2/c1-17-10(6-9(16-17)11(13)14)15-12(19)7-2-4-8(18)5-3-7/h2-6,11,18H,1H3,(H,15,19). The number of aryl methyl sites for hydroxylation is 1. The highest BCUT2D eigenvalue weighted by Gasteiger charge is 2.15. The lowest BCUT2D eigenvalue weighted by Gasteiger charge is -2.04. The third-order valence-corrected chi connectivity index (χ3v) is 2.49. The van der Waals surface area contributed by atoms with Gasteiger partial charge in [0.05, 0.1) is 0 Å². The molecular formula is C12H11F2N3O2. The highest BCUT2D eigenvalue weighted by Crippen LogP contribution is 2.21. The number of alkyl halides is 2. The molecule has 100 valence electrons. The van der Waals surface area contributed by atoms with E-state index in [0.29, 0.717) is 5.56 Å². The Kier molecular flexibility index (Phi) is 3.46. The SMILES string of the molecule is Cn1nc(C(F)F)cc1NC(=O)c1ccc(O)cc1. The van der Waals surface area contributed by atoms with Crippen molar-refractivity contribution >= 4 is 11.7 Å². The predicted molar refractivity (Wildman–Crippen MR) is 64.2 cm³/mol. The normalized spacial score (nSPS) is 10.7. The van der Waals surface area contributed by atoms with Crippen molar-refractivity contribution < 1.29 is 18.7 Å². The monoisotopic (exact) mass is 267 g/mol. The molecule has 1 aromatic carbocycles. The summed E-state index contributed by atoms with van der Waals surface area (Å²) in [4.78, 5) is 11.8.